The van der Waals surface area contributed by atoms with E-state index in [2.05, 4.69) is 0 Å². The van der Waals surface area contributed by atoms with E-state index in [0.29, 0.717) is 5.75 Å². The molecule has 6 heteroatoms. The molecule has 2 N–H and O–H groups in total. The summed E-state index contributed by atoms with van der Waals surface area (Å²) in [5.74, 6) is 0.00389. The molecule has 0 atom stereocenters. The Hall–Kier alpha value is -2.89. The standard InChI is InChI=1S/C15H12O6/c1-19-10-6-5-8(16)11-12(18)7-3-4-9(17)14(20-2)13(7)21-15(10)11/h3-6,16-17H,1-2H3. The summed E-state index contributed by atoms with van der Waals surface area (Å²) in [6, 6.07) is 5.60. The number of benzene rings is 2. The highest BCUT2D eigenvalue weighted by molar-refractivity contribution is 5.98. The first-order chi connectivity index (χ1) is 10.1. The minimum absolute atomic E-state index is 0.0228. The number of hydrogen-bond acceptors (Lipinski definition) is 6. The van der Waals surface area contributed by atoms with Crippen LogP contribution in [0.5, 0.6) is 23.0 Å². The van der Waals surface area contributed by atoms with Crippen LogP contribution in [0, 0.1) is 0 Å². The van der Waals surface area contributed by atoms with Gasteiger partial charge in [0, 0.05) is 0 Å². The van der Waals surface area contributed by atoms with Crippen molar-refractivity contribution in [3.05, 3.63) is 34.5 Å². The number of phenolic OH excluding ortho intramolecular Hbond substituents is 2. The van der Waals surface area contributed by atoms with Gasteiger partial charge in [0.05, 0.1) is 19.6 Å². The van der Waals surface area contributed by atoms with Gasteiger partial charge in [-0.1, -0.05) is 0 Å². The van der Waals surface area contributed by atoms with Crippen LogP contribution < -0.4 is 14.9 Å². The summed E-state index contributed by atoms with van der Waals surface area (Å²) in [6.45, 7) is 0. The third kappa shape index (κ3) is 1.76. The molecule has 21 heavy (non-hydrogen) atoms. The molecule has 1 heterocycles. The second kappa shape index (κ2) is 4.59. The molecule has 0 unspecified atom stereocenters. The van der Waals surface area contributed by atoms with Gasteiger partial charge in [0.25, 0.3) is 0 Å². The first-order valence-electron chi connectivity index (χ1n) is 6.11. The number of aromatic hydroxyl groups is 2. The molecule has 108 valence electrons. The molecule has 6 nitrogen and oxygen atoms in total. The smallest absolute Gasteiger partial charge is 0.204 e. The topological polar surface area (TPSA) is 89.1 Å². The van der Waals surface area contributed by atoms with Gasteiger partial charge in [0.1, 0.15) is 11.1 Å². The van der Waals surface area contributed by atoms with Crippen molar-refractivity contribution in [2.45, 2.75) is 0 Å². The van der Waals surface area contributed by atoms with E-state index in [4.69, 9.17) is 13.9 Å². The van der Waals surface area contributed by atoms with Crippen LogP contribution in [0.15, 0.2) is 33.5 Å². The Morgan fingerprint density at radius 1 is 0.952 bits per heavy atom. The number of methoxy groups -OCH3 is 2. The normalized spacial score (nSPS) is 11.0. The zero-order chi connectivity index (χ0) is 15.1. The summed E-state index contributed by atoms with van der Waals surface area (Å²) in [6.07, 6.45) is 0. The predicted octanol–water partition coefficient (Wildman–Crippen LogP) is 2.37. The first kappa shape index (κ1) is 13.1. The molecule has 0 bridgehead atoms. The third-order valence-corrected chi connectivity index (χ3v) is 3.29. The molecule has 0 aliphatic rings. The molecular weight excluding hydrogens is 276 g/mol. The Kier molecular flexibility index (Phi) is 2.86. The highest BCUT2D eigenvalue weighted by atomic mass is 16.5. The van der Waals surface area contributed by atoms with Gasteiger partial charge < -0.3 is 24.1 Å². The molecule has 3 rings (SSSR count). The van der Waals surface area contributed by atoms with E-state index in [-0.39, 0.29) is 39.2 Å². The lowest BCUT2D eigenvalue weighted by atomic mass is 10.1. The van der Waals surface area contributed by atoms with Gasteiger partial charge in [0.15, 0.2) is 22.7 Å². The van der Waals surface area contributed by atoms with E-state index >= 15 is 0 Å². The largest absolute Gasteiger partial charge is 0.507 e. The second-order valence-electron chi connectivity index (χ2n) is 4.42. The third-order valence-electron chi connectivity index (χ3n) is 3.29. The molecule has 0 saturated carbocycles. The molecule has 0 aliphatic heterocycles. The fraction of sp³-hybridized carbons (Fsp3) is 0.133. The van der Waals surface area contributed by atoms with E-state index in [1.54, 1.807) is 0 Å². The number of ether oxygens (including phenoxy) is 2. The van der Waals surface area contributed by atoms with Crippen LogP contribution in [0.4, 0.5) is 0 Å². The number of phenols is 2. The highest BCUT2D eigenvalue weighted by Gasteiger charge is 2.19. The summed E-state index contributed by atoms with van der Waals surface area (Å²) < 4.78 is 15.9. The van der Waals surface area contributed by atoms with Crippen molar-refractivity contribution in [3.8, 4) is 23.0 Å². The Balaban J connectivity index is 2.62. The van der Waals surface area contributed by atoms with Crippen LogP contribution >= 0.6 is 0 Å². The summed E-state index contributed by atoms with van der Waals surface area (Å²) in [5, 5.41) is 19.9. The lowest BCUT2D eigenvalue weighted by Gasteiger charge is -2.10. The van der Waals surface area contributed by atoms with Gasteiger partial charge in [-0.2, -0.15) is 0 Å². The Labute approximate surface area is 118 Å². The van der Waals surface area contributed by atoms with Crippen molar-refractivity contribution >= 4 is 21.9 Å². The Morgan fingerprint density at radius 2 is 1.67 bits per heavy atom. The van der Waals surface area contributed by atoms with Gasteiger partial charge in [-0.05, 0) is 24.3 Å². The molecule has 0 spiro atoms. The average Bonchev–Trinajstić information content (AvgIpc) is 2.47. The maximum atomic E-state index is 12.5. The van der Waals surface area contributed by atoms with Gasteiger partial charge in [-0.15, -0.1) is 0 Å². The van der Waals surface area contributed by atoms with Crippen LogP contribution in [0.2, 0.25) is 0 Å². The zero-order valence-electron chi connectivity index (χ0n) is 11.3. The van der Waals surface area contributed by atoms with Crippen molar-refractivity contribution < 1.29 is 24.1 Å². The van der Waals surface area contributed by atoms with Crippen molar-refractivity contribution in [3.63, 3.8) is 0 Å². The number of hydrogen-bond donors (Lipinski definition) is 2. The van der Waals surface area contributed by atoms with Gasteiger partial charge in [-0.25, -0.2) is 0 Å². The Bertz CT molecular complexity index is 909. The highest BCUT2D eigenvalue weighted by Crippen LogP contribution is 2.38. The van der Waals surface area contributed by atoms with Crippen LogP contribution in [0.1, 0.15) is 0 Å². The molecule has 2 aromatic carbocycles. The maximum Gasteiger partial charge on any atom is 0.204 e. The van der Waals surface area contributed by atoms with Crippen LogP contribution in [-0.4, -0.2) is 24.4 Å². The van der Waals surface area contributed by atoms with Crippen molar-refractivity contribution in [1.82, 2.24) is 0 Å². The molecule has 0 aliphatic carbocycles. The van der Waals surface area contributed by atoms with Crippen LogP contribution in [0.3, 0.4) is 0 Å². The zero-order valence-corrected chi connectivity index (χ0v) is 11.3. The molecule has 0 radical (unpaired) electrons. The van der Waals surface area contributed by atoms with Gasteiger partial charge in [0.2, 0.25) is 11.2 Å². The lowest BCUT2D eigenvalue weighted by molar-refractivity contribution is 0.370. The van der Waals surface area contributed by atoms with E-state index in [1.165, 1.54) is 38.5 Å². The second-order valence-corrected chi connectivity index (χ2v) is 4.42. The Morgan fingerprint density at radius 3 is 2.33 bits per heavy atom. The quantitative estimate of drug-likeness (QED) is 0.704. The predicted molar refractivity (Wildman–Crippen MR) is 76.4 cm³/mol. The molecule has 0 saturated heterocycles. The minimum Gasteiger partial charge on any atom is -0.507 e. The lowest BCUT2D eigenvalue weighted by Crippen LogP contribution is -2.04. The van der Waals surface area contributed by atoms with Gasteiger partial charge in [-0.3, -0.25) is 4.79 Å². The van der Waals surface area contributed by atoms with Crippen LogP contribution in [0.25, 0.3) is 21.9 Å². The molecule has 3 aromatic rings. The summed E-state index contributed by atoms with van der Waals surface area (Å²) in [5.41, 5.74) is -0.237. The van der Waals surface area contributed by atoms with Crippen molar-refractivity contribution in [1.29, 1.82) is 0 Å². The number of rotatable bonds is 2. The SMILES string of the molecule is COc1c(O)ccc2c(=O)c3c(O)ccc(OC)c3oc12. The van der Waals surface area contributed by atoms with E-state index in [0.717, 1.165) is 0 Å². The monoisotopic (exact) mass is 288 g/mol. The van der Waals surface area contributed by atoms with E-state index in [1.807, 2.05) is 0 Å². The summed E-state index contributed by atoms with van der Waals surface area (Å²) in [7, 11) is 2.79. The maximum absolute atomic E-state index is 12.5. The van der Waals surface area contributed by atoms with E-state index in [9.17, 15) is 15.0 Å². The minimum atomic E-state index is -0.430. The molecule has 0 fully saturated rings. The molecule has 0 amide bonds. The van der Waals surface area contributed by atoms with Crippen molar-refractivity contribution in [2.24, 2.45) is 0 Å². The number of fused-ring (bicyclic) bond motifs is 2. The van der Waals surface area contributed by atoms with Crippen LogP contribution in [-0.2, 0) is 0 Å². The summed E-state index contributed by atoms with van der Waals surface area (Å²) >= 11 is 0. The average molecular weight is 288 g/mol. The molecule has 1 aromatic heterocycles. The van der Waals surface area contributed by atoms with E-state index < -0.39 is 5.43 Å². The van der Waals surface area contributed by atoms with Crippen molar-refractivity contribution in [2.75, 3.05) is 14.2 Å². The summed E-state index contributed by atoms with van der Waals surface area (Å²) in [4.78, 5) is 12.5. The first-order valence-corrected chi connectivity index (χ1v) is 6.11. The molecular formula is C15H12O6. The fourth-order valence-electron chi connectivity index (χ4n) is 2.30. The van der Waals surface area contributed by atoms with Gasteiger partial charge >= 0.3 is 0 Å². The fourth-order valence-corrected chi connectivity index (χ4v) is 2.30.